The highest BCUT2D eigenvalue weighted by molar-refractivity contribution is 5.97. The van der Waals surface area contributed by atoms with Crippen molar-refractivity contribution in [2.45, 2.75) is 26.0 Å². The maximum absolute atomic E-state index is 12.9. The fourth-order valence-corrected chi connectivity index (χ4v) is 3.58. The van der Waals surface area contributed by atoms with Gasteiger partial charge in [0.2, 0.25) is 11.8 Å². The van der Waals surface area contributed by atoms with E-state index in [1.165, 1.54) is 6.92 Å². The van der Waals surface area contributed by atoms with E-state index in [1.54, 1.807) is 12.1 Å². The molecule has 0 fully saturated rings. The highest BCUT2D eigenvalue weighted by atomic mass is 16.5. The van der Waals surface area contributed by atoms with E-state index in [0.29, 0.717) is 24.5 Å². The number of hydrogen-bond acceptors (Lipinski definition) is 3. The second kappa shape index (κ2) is 9.83. The Labute approximate surface area is 186 Å². The van der Waals surface area contributed by atoms with Gasteiger partial charge in [-0.2, -0.15) is 0 Å². The summed E-state index contributed by atoms with van der Waals surface area (Å²) < 4.78 is 5.79. The van der Waals surface area contributed by atoms with Gasteiger partial charge in [0.05, 0.1) is 0 Å². The number of amides is 2. The third-order valence-corrected chi connectivity index (χ3v) is 5.16. The molecular formula is C26H25N3O3. The first-order chi connectivity index (χ1) is 15.6. The number of carbonyl (C=O) groups excluding carboxylic acids is 2. The molecule has 3 aromatic carbocycles. The smallest absolute Gasteiger partial charge is 0.247 e. The van der Waals surface area contributed by atoms with E-state index >= 15 is 0 Å². The fraction of sp³-hybridized carbons (Fsp3) is 0.154. The predicted molar refractivity (Wildman–Crippen MR) is 125 cm³/mol. The Morgan fingerprint density at radius 1 is 0.938 bits per heavy atom. The number of anilines is 1. The maximum Gasteiger partial charge on any atom is 0.247 e. The van der Waals surface area contributed by atoms with Crippen LogP contribution in [0.5, 0.6) is 5.75 Å². The molecule has 6 nitrogen and oxygen atoms in total. The van der Waals surface area contributed by atoms with Crippen LogP contribution in [-0.2, 0) is 22.6 Å². The molecule has 0 bridgehead atoms. The molecular weight excluding hydrogens is 402 g/mol. The van der Waals surface area contributed by atoms with Crippen LogP contribution in [0.2, 0.25) is 0 Å². The average Bonchev–Trinajstić information content (AvgIpc) is 3.21. The van der Waals surface area contributed by atoms with Gasteiger partial charge in [0, 0.05) is 36.1 Å². The summed E-state index contributed by atoms with van der Waals surface area (Å²) in [6.45, 7) is 1.89. The molecule has 1 aromatic heterocycles. The first-order valence-electron chi connectivity index (χ1n) is 10.5. The third kappa shape index (κ3) is 5.35. The number of benzene rings is 3. The number of ether oxygens (including phenoxy) is 1. The summed E-state index contributed by atoms with van der Waals surface area (Å²) in [5, 5.41) is 6.69. The van der Waals surface area contributed by atoms with Gasteiger partial charge >= 0.3 is 0 Å². The number of rotatable bonds is 8. The van der Waals surface area contributed by atoms with Crippen LogP contribution in [0.1, 0.15) is 18.1 Å². The van der Waals surface area contributed by atoms with E-state index in [-0.39, 0.29) is 11.8 Å². The molecule has 0 saturated carbocycles. The number of para-hydroxylation sites is 1. The molecule has 4 rings (SSSR count). The van der Waals surface area contributed by atoms with Crippen LogP contribution >= 0.6 is 0 Å². The van der Waals surface area contributed by atoms with Crippen LogP contribution in [0.25, 0.3) is 10.9 Å². The van der Waals surface area contributed by atoms with E-state index in [9.17, 15) is 9.59 Å². The SMILES string of the molecule is CC(=O)NC(Cc1c[nH]c2ccccc12)C(=O)Nc1ccc(OCc2ccccc2)cc1. The summed E-state index contributed by atoms with van der Waals surface area (Å²) in [7, 11) is 0. The van der Waals surface area contributed by atoms with Gasteiger partial charge in [0.1, 0.15) is 18.4 Å². The topological polar surface area (TPSA) is 83.2 Å². The van der Waals surface area contributed by atoms with Gasteiger partial charge in [-0.3, -0.25) is 9.59 Å². The summed E-state index contributed by atoms with van der Waals surface area (Å²) in [6, 6.07) is 24.3. The Kier molecular flexibility index (Phi) is 6.51. The molecule has 162 valence electrons. The van der Waals surface area contributed by atoms with E-state index < -0.39 is 6.04 Å². The number of nitrogens with one attached hydrogen (secondary N) is 3. The number of carbonyl (C=O) groups is 2. The Balaban J connectivity index is 1.40. The highest BCUT2D eigenvalue weighted by Crippen LogP contribution is 2.21. The zero-order valence-corrected chi connectivity index (χ0v) is 17.8. The minimum Gasteiger partial charge on any atom is -0.489 e. The zero-order chi connectivity index (χ0) is 22.3. The van der Waals surface area contributed by atoms with Gasteiger partial charge in [0.15, 0.2) is 0 Å². The van der Waals surface area contributed by atoms with Crippen molar-refractivity contribution >= 4 is 28.4 Å². The van der Waals surface area contributed by atoms with Crippen molar-refractivity contribution < 1.29 is 14.3 Å². The number of H-pyrrole nitrogens is 1. The molecule has 2 amide bonds. The molecule has 0 aliphatic rings. The van der Waals surface area contributed by atoms with Crippen molar-refractivity contribution in [2.24, 2.45) is 0 Å². The lowest BCUT2D eigenvalue weighted by Gasteiger charge is -2.18. The first kappa shape index (κ1) is 21.2. The average molecular weight is 428 g/mol. The van der Waals surface area contributed by atoms with Crippen molar-refractivity contribution in [3.05, 3.63) is 96.2 Å². The van der Waals surface area contributed by atoms with E-state index in [4.69, 9.17) is 4.74 Å². The minimum absolute atomic E-state index is 0.255. The molecule has 0 saturated heterocycles. The lowest BCUT2D eigenvalue weighted by atomic mass is 10.0. The molecule has 0 spiro atoms. The van der Waals surface area contributed by atoms with Crippen LogP contribution < -0.4 is 15.4 Å². The summed E-state index contributed by atoms with van der Waals surface area (Å²) in [6.07, 6.45) is 2.26. The standard InChI is InChI=1S/C26H25N3O3/c1-18(30)28-25(15-20-16-27-24-10-6-5-9-23(20)24)26(31)29-21-11-13-22(14-12-21)32-17-19-7-3-2-4-8-19/h2-14,16,25,27H,15,17H2,1H3,(H,28,30)(H,29,31). The summed E-state index contributed by atoms with van der Waals surface area (Å²) >= 11 is 0. The van der Waals surface area contributed by atoms with Gasteiger partial charge in [0.25, 0.3) is 0 Å². The molecule has 32 heavy (non-hydrogen) atoms. The number of aromatic amines is 1. The summed E-state index contributed by atoms with van der Waals surface area (Å²) in [4.78, 5) is 27.9. The molecule has 1 atom stereocenters. The van der Waals surface area contributed by atoms with Crippen LogP contribution in [0.15, 0.2) is 85.1 Å². The molecule has 1 heterocycles. The van der Waals surface area contributed by atoms with Crippen LogP contribution in [0.3, 0.4) is 0 Å². The van der Waals surface area contributed by atoms with Gasteiger partial charge in [-0.25, -0.2) is 0 Å². The summed E-state index contributed by atoms with van der Waals surface area (Å²) in [5.41, 5.74) is 3.69. The maximum atomic E-state index is 12.9. The van der Waals surface area contributed by atoms with Crippen molar-refractivity contribution in [3.63, 3.8) is 0 Å². The van der Waals surface area contributed by atoms with Crippen LogP contribution in [0.4, 0.5) is 5.69 Å². The Bertz CT molecular complexity index is 1200. The third-order valence-electron chi connectivity index (χ3n) is 5.16. The number of fused-ring (bicyclic) bond motifs is 1. The van der Waals surface area contributed by atoms with E-state index in [2.05, 4.69) is 15.6 Å². The quantitative estimate of drug-likeness (QED) is 0.389. The Hall–Kier alpha value is -4.06. The lowest BCUT2D eigenvalue weighted by Crippen LogP contribution is -2.44. The Morgan fingerprint density at radius 2 is 1.66 bits per heavy atom. The fourth-order valence-electron chi connectivity index (χ4n) is 3.58. The van der Waals surface area contributed by atoms with Gasteiger partial charge in [-0.1, -0.05) is 48.5 Å². The van der Waals surface area contributed by atoms with Gasteiger partial charge < -0.3 is 20.4 Å². The minimum atomic E-state index is -0.694. The summed E-state index contributed by atoms with van der Waals surface area (Å²) in [5.74, 6) is 0.183. The number of hydrogen-bond donors (Lipinski definition) is 3. The van der Waals surface area contributed by atoms with Crippen LogP contribution in [0, 0.1) is 0 Å². The van der Waals surface area contributed by atoms with Gasteiger partial charge in [-0.05, 0) is 41.5 Å². The molecule has 1 unspecified atom stereocenters. The predicted octanol–water partition coefficient (Wildman–Crippen LogP) is 4.43. The van der Waals surface area contributed by atoms with Crippen molar-refractivity contribution in [1.29, 1.82) is 0 Å². The molecule has 4 aromatic rings. The van der Waals surface area contributed by atoms with E-state index in [0.717, 1.165) is 22.0 Å². The molecule has 0 aliphatic carbocycles. The highest BCUT2D eigenvalue weighted by Gasteiger charge is 2.21. The number of aromatic nitrogens is 1. The zero-order valence-electron chi connectivity index (χ0n) is 17.8. The monoisotopic (exact) mass is 427 g/mol. The van der Waals surface area contributed by atoms with Crippen LogP contribution in [-0.4, -0.2) is 22.8 Å². The molecule has 6 heteroatoms. The van der Waals surface area contributed by atoms with Crippen molar-refractivity contribution in [1.82, 2.24) is 10.3 Å². The second-order valence-corrected chi connectivity index (χ2v) is 7.60. The molecule has 0 aliphatic heterocycles. The van der Waals surface area contributed by atoms with E-state index in [1.807, 2.05) is 72.9 Å². The largest absolute Gasteiger partial charge is 0.489 e. The first-order valence-corrected chi connectivity index (χ1v) is 10.5. The van der Waals surface area contributed by atoms with Crippen molar-refractivity contribution in [3.8, 4) is 5.75 Å². The normalized spacial score (nSPS) is 11.7. The second-order valence-electron chi connectivity index (χ2n) is 7.60. The Morgan fingerprint density at radius 3 is 2.41 bits per heavy atom. The lowest BCUT2D eigenvalue weighted by molar-refractivity contribution is -0.125. The van der Waals surface area contributed by atoms with Crippen molar-refractivity contribution in [2.75, 3.05) is 5.32 Å². The molecule has 0 radical (unpaired) electrons. The van der Waals surface area contributed by atoms with Gasteiger partial charge in [-0.15, -0.1) is 0 Å². The molecule has 3 N–H and O–H groups in total.